The van der Waals surface area contributed by atoms with Gasteiger partial charge in [0.1, 0.15) is 18.5 Å². The van der Waals surface area contributed by atoms with Crippen LogP contribution >= 0.6 is 0 Å². The minimum atomic E-state index is -0.381. The van der Waals surface area contributed by atoms with Crippen LogP contribution in [-0.4, -0.2) is 44.8 Å². The second-order valence-electron chi connectivity index (χ2n) is 8.03. The number of ether oxygens (including phenoxy) is 3. The molecule has 0 spiro atoms. The number of benzene rings is 3. The molecule has 7 heteroatoms. The van der Waals surface area contributed by atoms with Gasteiger partial charge in [-0.05, 0) is 56.1 Å². The average molecular weight is 431 g/mol. The molecule has 2 heterocycles. The molecule has 1 amide bonds. The Morgan fingerprint density at radius 3 is 2.62 bits per heavy atom. The Labute approximate surface area is 187 Å². The van der Waals surface area contributed by atoms with Gasteiger partial charge < -0.3 is 24.4 Å². The van der Waals surface area contributed by atoms with Gasteiger partial charge in [-0.2, -0.15) is 0 Å². The molecule has 5 rings (SSSR count). The van der Waals surface area contributed by atoms with Gasteiger partial charge in [0.25, 0.3) is 5.91 Å². The molecule has 0 aliphatic carbocycles. The third-order valence-electron chi connectivity index (χ3n) is 5.56. The molecule has 0 saturated heterocycles. The summed E-state index contributed by atoms with van der Waals surface area (Å²) in [5, 5.41) is 3.52. The van der Waals surface area contributed by atoms with Gasteiger partial charge in [0.15, 0.2) is 11.5 Å². The normalized spacial score (nSPS) is 16.7. The lowest BCUT2D eigenvalue weighted by atomic mass is 10.0. The third-order valence-corrected chi connectivity index (χ3v) is 5.56. The summed E-state index contributed by atoms with van der Waals surface area (Å²) < 4.78 is 16.8. The van der Waals surface area contributed by atoms with Crippen molar-refractivity contribution in [2.45, 2.75) is 6.17 Å². The van der Waals surface area contributed by atoms with Crippen LogP contribution < -0.4 is 24.4 Å². The van der Waals surface area contributed by atoms with Gasteiger partial charge in [-0.15, -0.1) is 0 Å². The molecular formula is C25H25N3O4. The molecule has 1 N–H and O–H groups in total. The molecule has 2 aliphatic rings. The zero-order valence-electron chi connectivity index (χ0n) is 18.1. The van der Waals surface area contributed by atoms with E-state index >= 15 is 0 Å². The number of nitrogens with one attached hydrogen (secondary N) is 1. The maximum Gasteiger partial charge on any atom is 0.262 e. The number of rotatable bonds is 6. The summed E-state index contributed by atoms with van der Waals surface area (Å²) in [6.45, 7) is 1.64. The number of hydrogen-bond donors (Lipinski definition) is 1. The third kappa shape index (κ3) is 3.83. The van der Waals surface area contributed by atoms with Gasteiger partial charge in [-0.1, -0.05) is 24.3 Å². The van der Waals surface area contributed by atoms with E-state index in [1.54, 1.807) is 4.90 Å². The Bertz CT molecular complexity index is 1130. The summed E-state index contributed by atoms with van der Waals surface area (Å²) in [4.78, 5) is 17.4. The molecule has 32 heavy (non-hydrogen) atoms. The van der Waals surface area contributed by atoms with Crippen LogP contribution in [0.15, 0.2) is 66.7 Å². The van der Waals surface area contributed by atoms with Crippen molar-refractivity contribution in [3.05, 3.63) is 77.9 Å². The molecule has 1 atom stereocenters. The number of hydrogen-bond acceptors (Lipinski definition) is 6. The van der Waals surface area contributed by atoms with Gasteiger partial charge in [0.2, 0.25) is 6.79 Å². The first-order chi connectivity index (χ1) is 15.6. The summed E-state index contributed by atoms with van der Waals surface area (Å²) >= 11 is 0. The maximum absolute atomic E-state index is 13.6. The highest BCUT2D eigenvalue weighted by Gasteiger charge is 2.34. The zero-order chi connectivity index (χ0) is 22.1. The molecule has 2 aliphatic heterocycles. The Balaban J connectivity index is 1.48. The Hall–Kier alpha value is -3.71. The van der Waals surface area contributed by atoms with Crippen molar-refractivity contribution in [3.8, 4) is 17.2 Å². The minimum Gasteiger partial charge on any atom is -0.492 e. The van der Waals surface area contributed by atoms with Crippen molar-refractivity contribution in [2.24, 2.45) is 0 Å². The van der Waals surface area contributed by atoms with Gasteiger partial charge in [0.05, 0.1) is 11.3 Å². The lowest BCUT2D eigenvalue weighted by Crippen LogP contribution is -2.43. The minimum absolute atomic E-state index is 0.0745. The topological polar surface area (TPSA) is 63.3 Å². The van der Waals surface area contributed by atoms with Crippen LogP contribution in [0.5, 0.6) is 17.2 Å². The first-order valence-electron chi connectivity index (χ1n) is 10.6. The molecule has 164 valence electrons. The number of para-hydroxylation sites is 1. The number of amides is 1. The van der Waals surface area contributed by atoms with Crippen molar-refractivity contribution < 1.29 is 19.0 Å². The predicted molar refractivity (Wildman–Crippen MR) is 123 cm³/mol. The molecule has 0 bridgehead atoms. The highest BCUT2D eigenvalue weighted by Crippen LogP contribution is 2.41. The summed E-state index contributed by atoms with van der Waals surface area (Å²) in [6, 6.07) is 21.0. The lowest BCUT2D eigenvalue weighted by Gasteiger charge is -2.38. The van der Waals surface area contributed by atoms with Gasteiger partial charge in [-0.3, -0.25) is 9.69 Å². The fourth-order valence-electron chi connectivity index (χ4n) is 3.88. The molecule has 3 aromatic carbocycles. The first-order valence-corrected chi connectivity index (χ1v) is 10.6. The Morgan fingerprint density at radius 2 is 1.81 bits per heavy atom. The van der Waals surface area contributed by atoms with E-state index in [9.17, 15) is 4.79 Å². The molecule has 3 aromatic rings. The van der Waals surface area contributed by atoms with Crippen molar-refractivity contribution in [1.29, 1.82) is 0 Å². The van der Waals surface area contributed by atoms with Crippen molar-refractivity contribution >= 4 is 17.3 Å². The number of likely N-dealkylation sites (N-methyl/N-ethyl adjacent to an activating group) is 1. The Morgan fingerprint density at radius 1 is 1.03 bits per heavy atom. The first kappa shape index (κ1) is 20.2. The monoisotopic (exact) mass is 431 g/mol. The van der Waals surface area contributed by atoms with Crippen LogP contribution in [0.2, 0.25) is 0 Å². The second-order valence-corrected chi connectivity index (χ2v) is 8.03. The highest BCUT2D eigenvalue weighted by atomic mass is 16.7. The maximum atomic E-state index is 13.6. The van der Waals surface area contributed by atoms with Crippen molar-refractivity contribution in [2.75, 3.05) is 44.3 Å². The van der Waals surface area contributed by atoms with Gasteiger partial charge in [0, 0.05) is 18.3 Å². The smallest absolute Gasteiger partial charge is 0.262 e. The van der Waals surface area contributed by atoms with E-state index in [0.29, 0.717) is 23.7 Å². The highest BCUT2D eigenvalue weighted by molar-refractivity contribution is 6.12. The number of fused-ring (bicyclic) bond motifs is 2. The fraction of sp³-hybridized carbons (Fsp3) is 0.240. The number of carbonyl (C=O) groups is 1. The van der Waals surface area contributed by atoms with Crippen LogP contribution in [0, 0.1) is 0 Å². The van der Waals surface area contributed by atoms with Gasteiger partial charge in [-0.25, -0.2) is 0 Å². The Kier molecular flexibility index (Phi) is 5.33. The summed E-state index contributed by atoms with van der Waals surface area (Å²) in [7, 11) is 4.03. The zero-order valence-corrected chi connectivity index (χ0v) is 18.1. The van der Waals surface area contributed by atoms with Crippen LogP contribution in [0.25, 0.3) is 0 Å². The SMILES string of the molecule is CN(C)CCOc1ccc(C2Nc3ccccc3C(=O)N2c2ccc3c(c2)OCO3)cc1. The number of anilines is 2. The van der Waals surface area contributed by atoms with E-state index in [0.717, 1.165) is 29.2 Å². The standard InChI is InChI=1S/C25H25N3O4/c1-27(2)13-14-30-19-10-7-17(8-11-19)24-26-21-6-4-3-5-20(21)25(29)28(24)18-9-12-22-23(15-18)32-16-31-22/h3-12,15,24,26H,13-14,16H2,1-2H3. The largest absolute Gasteiger partial charge is 0.492 e. The number of nitrogens with zero attached hydrogens (tertiary/aromatic N) is 2. The molecule has 0 fully saturated rings. The second kappa shape index (κ2) is 8.43. The molecule has 1 unspecified atom stereocenters. The fourth-order valence-corrected chi connectivity index (χ4v) is 3.88. The molecule has 0 saturated carbocycles. The lowest BCUT2D eigenvalue weighted by molar-refractivity contribution is 0.0975. The molecule has 0 radical (unpaired) electrons. The van der Waals surface area contributed by atoms with E-state index < -0.39 is 0 Å². The van der Waals surface area contributed by atoms with Crippen LogP contribution in [0.1, 0.15) is 22.1 Å². The van der Waals surface area contributed by atoms with E-state index in [2.05, 4.69) is 10.2 Å². The summed E-state index contributed by atoms with van der Waals surface area (Å²) in [5.41, 5.74) is 3.12. The van der Waals surface area contributed by atoms with Crippen molar-refractivity contribution in [1.82, 2.24) is 4.90 Å². The quantitative estimate of drug-likeness (QED) is 0.633. The molecule has 7 nitrogen and oxygen atoms in total. The van der Waals surface area contributed by atoms with E-state index in [4.69, 9.17) is 14.2 Å². The van der Waals surface area contributed by atoms with Gasteiger partial charge >= 0.3 is 0 Å². The molecular weight excluding hydrogens is 406 g/mol. The van der Waals surface area contributed by atoms with Crippen LogP contribution in [0.4, 0.5) is 11.4 Å². The molecule has 0 aromatic heterocycles. The average Bonchev–Trinajstić information content (AvgIpc) is 3.27. The van der Waals surface area contributed by atoms with E-state index in [-0.39, 0.29) is 18.9 Å². The van der Waals surface area contributed by atoms with Crippen molar-refractivity contribution in [3.63, 3.8) is 0 Å². The number of carbonyl (C=O) groups excluding carboxylic acids is 1. The van der Waals surface area contributed by atoms with E-state index in [1.807, 2.05) is 80.8 Å². The van der Waals surface area contributed by atoms with Crippen LogP contribution in [0.3, 0.4) is 0 Å². The summed E-state index contributed by atoms with van der Waals surface area (Å²) in [5.74, 6) is 2.04. The predicted octanol–water partition coefficient (Wildman–Crippen LogP) is 4.13. The summed E-state index contributed by atoms with van der Waals surface area (Å²) in [6.07, 6.45) is -0.381. The van der Waals surface area contributed by atoms with Crippen LogP contribution in [-0.2, 0) is 0 Å². The van der Waals surface area contributed by atoms with E-state index in [1.165, 1.54) is 0 Å².